The Hall–Kier alpha value is -0.810. The lowest BCUT2D eigenvalue weighted by Crippen LogP contribution is -1.99. The van der Waals surface area contributed by atoms with E-state index in [0.29, 0.717) is 0 Å². The van der Waals surface area contributed by atoms with Gasteiger partial charge in [0, 0.05) is 5.56 Å². The summed E-state index contributed by atoms with van der Waals surface area (Å²) in [5.74, 6) is -6.32. The van der Waals surface area contributed by atoms with Gasteiger partial charge < -0.3 is 0 Å². The van der Waals surface area contributed by atoms with Gasteiger partial charge in [-0.1, -0.05) is 0 Å². The van der Waals surface area contributed by atoms with Crippen molar-refractivity contribution in [2.24, 2.45) is 4.99 Å². The van der Waals surface area contributed by atoms with Crippen LogP contribution in [0.25, 0.3) is 0 Å². The molecule has 0 aliphatic rings. The Labute approximate surface area is 92.3 Å². The van der Waals surface area contributed by atoms with E-state index in [9.17, 15) is 17.6 Å². The van der Waals surface area contributed by atoms with Crippen LogP contribution in [-0.2, 0) is 0 Å². The summed E-state index contributed by atoms with van der Waals surface area (Å²) >= 11 is 10.1. The summed E-state index contributed by atoms with van der Waals surface area (Å²) in [6.45, 7) is 0.895. The van der Waals surface area contributed by atoms with Gasteiger partial charge in [-0.15, -0.1) is 0 Å². The van der Waals surface area contributed by atoms with Gasteiger partial charge in [0.1, 0.15) is 5.69 Å². The van der Waals surface area contributed by atoms with E-state index in [4.69, 9.17) is 23.2 Å². The van der Waals surface area contributed by atoms with Gasteiger partial charge >= 0.3 is 0 Å². The van der Waals surface area contributed by atoms with Gasteiger partial charge in [0.15, 0.2) is 27.9 Å². The topological polar surface area (TPSA) is 12.4 Å². The van der Waals surface area contributed by atoms with Crippen molar-refractivity contribution in [3.63, 3.8) is 0 Å². The molecule has 1 aromatic carbocycles. The SMILES string of the molecule is Cc1c(F)c(F)c(N=C(Cl)Cl)c(F)c1F. The van der Waals surface area contributed by atoms with Gasteiger partial charge in [0.05, 0.1) is 0 Å². The lowest BCUT2D eigenvalue weighted by Gasteiger charge is -2.05. The monoisotopic (exact) mass is 259 g/mol. The molecule has 0 amide bonds. The maximum absolute atomic E-state index is 13.1. The van der Waals surface area contributed by atoms with Crippen molar-refractivity contribution in [3.8, 4) is 0 Å². The van der Waals surface area contributed by atoms with Crippen LogP contribution < -0.4 is 0 Å². The molecule has 0 heterocycles. The van der Waals surface area contributed by atoms with Gasteiger partial charge in [-0.25, -0.2) is 22.6 Å². The average molecular weight is 260 g/mol. The highest BCUT2D eigenvalue weighted by Crippen LogP contribution is 2.30. The van der Waals surface area contributed by atoms with E-state index in [2.05, 4.69) is 4.99 Å². The Morgan fingerprint density at radius 2 is 1.33 bits per heavy atom. The summed E-state index contributed by atoms with van der Waals surface area (Å²) in [5.41, 5.74) is -1.95. The molecule has 1 aromatic rings. The van der Waals surface area contributed by atoms with Gasteiger partial charge in [0.2, 0.25) is 0 Å². The number of nitrogens with zero attached hydrogens (tertiary/aromatic N) is 1. The minimum Gasteiger partial charge on any atom is -0.219 e. The van der Waals surface area contributed by atoms with Crippen molar-refractivity contribution in [2.45, 2.75) is 6.92 Å². The molecule has 0 spiro atoms. The second kappa shape index (κ2) is 4.37. The van der Waals surface area contributed by atoms with Crippen molar-refractivity contribution in [3.05, 3.63) is 28.8 Å². The maximum Gasteiger partial charge on any atom is 0.197 e. The lowest BCUT2D eigenvalue weighted by atomic mass is 10.2. The summed E-state index contributed by atoms with van der Waals surface area (Å²) < 4.78 is 51.3. The fraction of sp³-hybridized carbons (Fsp3) is 0.125. The number of benzene rings is 1. The highest BCUT2D eigenvalue weighted by atomic mass is 35.5. The Morgan fingerprint density at radius 3 is 1.67 bits per heavy atom. The molecular weight excluding hydrogens is 257 g/mol. The number of halogens is 6. The van der Waals surface area contributed by atoms with Crippen LogP contribution in [0.1, 0.15) is 5.56 Å². The number of rotatable bonds is 1. The van der Waals surface area contributed by atoms with Crippen LogP contribution in [0.4, 0.5) is 23.2 Å². The van der Waals surface area contributed by atoms with E-state index >= 15 is 0 Å². The first-order chi connectivity index (χ1) is 6.86. The Morgan fingerprint density at radius 1 is 0.933 bits per heavy atom. The predicted molar refractivity (Wildman–Crippen MR) is 49.8 cm³/mol. The largest absolute Gasteiger partial charge is 0.219 e. The van der Waals surface area contributed by atoms with Crippen LogP contribution in [0.2, 0.25) is 0 Å². The third-order valence-corrected chi connectivity index (χ3v) is 1.83. The third-order valence-electron chi connectivity index (χ3n) is 1.66. The van der Waals surface area contributed by atoms with Crippen molar-refractivity contribution in [1.82, 2.24) is 0 Å². The fourth-order valence-corrected chi connectivity index (χ4v) is 1.08. The van der Waals surface area contributed by atoms with Gasteiger partial charge in [-0.2, -0.15) is 0 Å². The second-order valence-electron chi connectivity index (χ2n) is 2.58. The van der Waals surface area contributed by atoms with Gasteiger partial charge in [0.25, 0.3) is 0 Å². The minimum absolute atomic E-state index is 0.754. The first-order valence-electron chi connectivity index (χ1n) is 3.58. The summed E-state index contributed by atoms with van der Waals surface area (Å²) in [4.78, 5) is 2.94. The summed E-state index contributed by atoms with van der Waals surface area (Å²) in [5, 5.41) is 0. The standard InChI is InChI=1S/C8H3Cl2F4N/c1-2-3(11)5(13)7(15-8(9)10)6(14)4(2)12/h1H3. The number of hydrogen-bond acceptors (Lipinski definition) is 1. The molecule has 1 rings (SSSR count). The van der Waals surface area contributed by atoms with E-state index in [-0.39, 0.29) is 0 Å². The molecule has 82 valence electrons. The van der Waals surface area contributed by atoms with Crippen molar-refractivity contribution >= 4 is 33.5 Å². The van der Waals surface area contributed by atoms with Crippen LogP contribution in [0, 0.1) is 30.2 Å². The first kappa shape index (κ1) is 12.3. The highest BCUT2D eigenvalue weighted by molar-refractivity contribution is 6.95. The molecule has 0 aromatic heterocycles. The zero-order chi connectivity index (χ0) is 11.7. The van der Waals surface area contributed by atoms with Crippen LogP contribution in [0.15, 0.2) is 4.99 Å². The molecule has 0 unspecified atom stereocenters. The average Bonchev–Trinajstić information content (AvgIpc) is 2.18. The first-order valence-corrected chi connectivity index (χ1v) is 4.34. The van der Waals surface area contributed by atoms with Crippen molar-refractivity contribution in [1.29, 1.82) is 0 Å². The van der Waals surface area contributed by atoms with E-state index in [1.165, 1.54) is 0 Å². The molecule has 0 aliphatic heterocycles. The van der Waals surface area contributed by atoms with E-state index < -0.39 is 39.1 Å². The Bertz CT molecular complexity index is 412. The van der Waals surface area contributed by atoms with Crippen molar-refractivity contribution < 1.29 is 17.6 Å². The minimum atomic E-state index is -1.63. The zero-order valence-electron chi connectivity index (χ0n) is 7.22. The molecule has 15 heavy (non-hydrogen) atoms. The van der Waals surface area contributed by atoms with E-state index in [1.54, 1.807) is 0 Å². The van der Waals surface area contributed by atoms with E-state index in [0.717, 1.165) is 6.92 Å². The van der Waals surface area contributed by atoms with E-state index in [1.807, 2.05) is 0 Å². The number of hydrogen-bond donors (Lipinski definition) is 0. The van der Waals surface area contributed by atoms with Crippen LogP contribution in [-0.4, -0.2) is 4.63 Å². The number of aliphatic imine (C=N–C) groups is 1. The summed E-state index contributed by atoms with van der Waals surface area (Å²) in [6.07, 6.45) is 0. The predicted octanol–water partition coefficient (Wildman–Crippen LogP) is 4.02. The van der Waals surface area contributed by atoms with Crippen LogP contribution >= 0.6 is 23.2 Å². The molecular formula is C8H3Cl2F4N. The molecule has 1 nitrogen and oxygen atoms in total. The Kier molecular flexibility index (Phi) is 3.57. The van der Waals surface area contributed by atoms with Crippen LogP contribution in [0.5, 0.6) is 0 Å². The molecule has 0 aliphatic carbocycles. The fourth-order valence-electron chi connectivity index (χ4n) is 0.913. The second-order valence-corrected chi connectivity index (χ2v) is 3.49. The molecule has 0 atom stereocenters. The molecule has 0 N–H and O–H groups in total. The normalized spacial score (nSPS) is 10.3. The van der Waals surface area contributed by atoms with Gasteiger partial charge in [-0.05, 0) is 30.1 Å². The molecule has 0 bridgehead atoms. The summed E-state index contributed by atoms with van der Waals surface area (Å²) in [6, 6.07) is 0. The molecule has 7 heteroatoms. The smallest absolute Gasteiger partial charge is 0.197 e. The highest BCUT2D eigenvalue weighted by Gasteiger charge is 2.22. The van der Waals surface area contributed by atoms with Crippen molar-refractivity contribution in [2.75, 3.05) is 0 Å². The molecule has 0 radical (unpaired) electrons. The molecule has 0 saturated heterocycles. The molecule has 0 saturated carbocycles. The maximum atomic E-state index is 13.1. The molecule has 0 fully saturated rings. The quantitative estimate of drug-likeness (QED) is 0.411. The lowest BCUT2D eigenvalue weighted by molar-refractivity contribution is 0.449. The zero-order valence-corrected chi connectivity index (χ0v) is 8.73. The Balaban J connectivity index is 3.60. The van der Waals surface area contributed by atoms with Crippen LogP contribution in [0.3, 0.4) is 0 Å². The van der Waals surface area contributed by atoms with Gasteiger partial charge in [-0.3, -0.25) is 0 Å². The third kappa shape index (κ3) is 2.23. The summed E-state index contributed by atoms with van der Waals surface area (Å²) in [7, 11) is 0.